The van der Waals surface area contributed by atoms with Crippen LogP contribution in [0.1, 0.15) is 56.7 Å². The van der Waals surface area contributed by atoms with E-state index in [-0.39, 0.29) is 18.4 Å². The van der Waals surface area contributed by atoms with Crippen molar-refractivity contribution >= 4 is 5.97 Å². The van der Waals surface area contributed by atoms with E-state index >= 15 is 0 Å². The summed E-state index contributed by atoms with van der Waals surface area (Å²) in [5.74, 6) is 0.200. The van der Waals surface area contributed by atoms with E-state index < -0.39 is 0 Å². The van der Waals surface area contributed by atoms with Gasteiger partial charge in [0.15, 0.2) is 0 Å². The topological polar surface area (TPSA) is 75.1 Å². The SMILES string of the molecule is CCOC(=O)CCC(N=[N+]=[N-])c1ccc(C(C)C)cc1. The normalized spacial score (nSPS) is 11.8. The molecule has 0 fully saturated rings. The van der Waals surface area contributed by atoms with Gasteiger partial charge in [-0.1, -0.05) is 43.2 Å². The first kappa shape index (κ1) is 16.1. The van der Waals surface area contributed by atoms with Gasteiger partial charge in [0, 0.05) is 11.3 Å². The predicted octanol–water partition coefficient (Wildman–Crippen LogP) is 4.50. The number of ether oxygens (including phenoxy) is 1. The molecule has 5 heteroatoms. The summed E-state index contributed by atoms with van der Waals surface area (Å²) >= 11 is 0. The molecular weight excluding hydrogens is 254 g/mol. The quantitative estimate of drug-likeness (QED) is 0.318. The lowest BCUT2D eigenvalue weighted by atomic mass is 9.97. The molecule has 5 nitrogen and oxygen atoms in total. The molecule has 1 rings (SSSR count). The van der Waals surface area contributed by atoms with Gasteiger partial charge in [-0.3, -0.25) is 4.79 Å². The number of esters is 1. The Morgan fingerprint density at radius 2 is 1.90 bits per heavy atom. The molecule has 0 saturated heterocycles. The van der Waals surface area contributed by atoms with E-state index in [0.29, 0.717) is 18.9 Å². The number of carbonyl (C=O) groups excluding carboxylic acids is 1. The second-order valence-corrected chi connectivity index (χ2v) is 4.89. The summed E-state index contributed by atoms with van der Waals surface area (Å²) in [7, 11) is 0. The average molecular weight is 275 g/mol. The summed E-state index contributed by atoms with van der Waals surface area (Å²) in [5.41, 5.74) is 10.8. The van der Waals surface area contributed by atoms with Gasteiger partial charge in [0.05, 0.1) is 12.6 Å². The monoisotopic (exact) mass is 275 g/mol. The van der Waals surface area contributed by atoms with Crippen LogP contribution < -0.4 is 0 Å². The van der Waals surface area contributed by atoms with E-state index in [1.165, 1.54) is 5.56 Å². The molecule has 1 unspecified atom stereocenters. The highest BCUT2D eigenvalue weighted by Crippen LogP contribution is 2.25. The summed E-state index contributed by atoms with van der Waals surface area (Å²) in [6.45, 7) is 6.39. The number of hydrogen-bond donors (Lipinski definition) is 0. The number of rotatable bonds is 7. The molecule has 0 N–H and O–H groups in total. The van der Waals surface area contributed by atoms with Gasteiger partial charge < -0.3 is 4.74 Å². The summed E-state index contributed by atoms with van der Waals surface area (Å²) < 4.78 is 4.88. The summed E-state index contributed by atoms with van der Waals surface area (Å²) in [4.78, 5) is 14.2. The largest absolute Gasteiger partial charge is 0.466 e. The van der Waals surface area contributed by atoms with Crippen molar-refractivity contribution in [2.24, 2.45) is 5.11 Å². The first-order valence-electron chi connectivity index (χ1n) is 6.88. The van der Waals surface area contributed by atoms with Crippen LogP contribution in [0.4, 0.5) is 0 Å². The molecule has 0 aromatic heterocycles. The van der Waals surface area contributed by atoms with E-state index in [2.05, 4.69) is 23.9 Å². The number of azide groups is 1. The summed E-state index contributed by atoms with van der Waals surface area (Å²) in [6.07, 6.45) is 0.716. The Kier molecular flexibility index (Phi) is 6.60. The van der Waals surface area contributed by atoms with Crippen LogP contribution in [0.5, 0.6) is 0 Å². The Bertz CT molecular complexity index is 476. The molecule has 0 spiro atoms. The second-order valence-electron chi connectivity index (χ2n) is 4.89. The highest BCUT2D eigenvalue weighted by atomic mass is 16.5. The van der Waals surface area contributed by atoms with Crippen molar-refractivity contribution in [1.82, 2.24) is 0 Å². The van der Waals surface area contributed by atoms with Gasteiger partial charge in [-0.25, -0.2) is 0 Å². The second kappa shape index (κ2) is 8.23. The number of carbonyl (C=O) groups is 1. The van der Waals surface area contributed by atoms with Gasteiger partial charge in [-0.15, -0.1) is 0 Å². The van der Waals surface area contributed by atoms with Crippen molar-refractivity contribution in [3.8, 4) is 0 Å². The minimum Gasteiger partial charge on any atom is -0.466 e. The molecule has 108 valence electrons. The zero-order chi connectivity index (χ0) is 15.0. The minimum absolute atomic E-state index is 0.253. The van der Waals surface area contributed by atoms with Crippen LogP contribution in [-0.4, -0.2) is 12.6 Å². The fraction of sp³-hybridized carbons (Fsp3) is 0.533. The van der Waals surface area contributed by atoms with Crippen molar-refractivity contribution < 1.29 is 9.53 Å². The molecule has 0 bridgehead atoms. The Hall–Kier alpha value is -2.00. The van der Waals surface area contributed by atoms with Crippen LogP contribution in [0.15, 0.2) is 29.4 Å². The van der Waals surface area contributed by atoms with E-state index in [1.807, 2.05) is 24.3 Å². The molecule has 0 aliphatic heterocycles. The minimum atomic E-state index is -0.328. The van der Waals surface area contributed by atoms with Gasteiger partial charge >= 0.3 is 5.97 Å². The number of benzene rings is 1. The Labute approximate surface area is 119 Å². The molecular formula is C15H21N3O2. The van der Waals surface area contributed by atoms with Crippen LogP contribution in [0, 0.1) is 0 Å². The maximum Gasteiger partial charge on any atom is 0.305 e. The third-order valence-corrected chi connectivity index (χ3v) is 3.11. The standard InChI is InChI=1S/C15H21N3O2/c1-4-20-15(19)10-9-14(17-18-16)13-7-5-12(6-8-13)11(2)3/h5-8,11,14H,4,9-10H2,1-3H3. The average Bonchev–Trinajstić information content (AvgIpc) is 2.44. The van der Waals surface area contributed by atoms with Crippen molar-refractivity contribution in [3.63, 3.8) is 0 Å². The van der Waals surface area contributed by atoms with Crippen molar-refractivity contribution in [3.05, 3.63) is 45.8 Å². The van der Waals surface area contributed by atoms with Crippen molar-refractivity contribution in [2.75, 3.05) is 6.61 Å². The van der Waals surface area contributed by atoms with Gasteiger partial charge in [-0.2, -0.15) is 0 Å². The molecule has 1 atom stereocenters. The first-order valence-corrected chi connectivity index (χ1v) is 6.88. The summed E-state index contributed by atoms with van der Waals surface area (Å²) in [5, 5.41) is 3.77. The third kappa shape index (κ3) is 4.94. The molecule has 0 heterocycles. The molecule has 20 heavy (non-hydrogen) atoms. The Morgan fingerprint density at radius 3 is 2.40 bits per heavy atom. The maximum absolute atomic E-state index is 11.4. The molecule has 1 aromatic rings. The van der Waals surface area contributed by atoms with Crippen LogP contribution in [0.3, 0.4) is 0 Å². The van der Waals surface area contributed by atoms with E-state index in [1.54, 1.807) is 6.92 Å². The third-order valence-electron chi connectivity index (χ3n) is 3.11. The highest BCUT2D eigenvalue weighted by molar-refractivity contribution is 5.69. The van der Waals surface area contributed by atoms with Crippen molar-refractivity contribution in [2.45, 2.75) is 45.6 Å². The van der Waals surface area contributed by atoms with Crippen LogP contribution >= 0.6 is 0 Å². The van der Waals surface area contributed by atoms with Gasteiger partial charge in [0.2, 0.25) is 0 Å². The lowest BCUT2D eigenvalue weighted by Crippen LogP contribution is -2.06. The smallest absolute Gasteiger partial charge is 0.305 e. The van der Waals surface area contributed by atoms with Gasteiger partial charge in [-0.05, 0) is 35.9 Å². The number of hydrogen-bond acceptors (Lipinski definition) is 3. The molecule has 1 aromatic carbocycles. The first-order chi connectivity index (χ1) is 9.58. The fourth-order valence-electron chi connectivity index (χ4n) is 1.94. The van der Waals surface area contributed by atoms with Gasteiger partial charge in [0.25, 0.3) is 0 Å². The molecule has 0 radical (unpaired) electrons. The Balaban J connectivity index is 2.75. The lowest BCUT2D eigenvalue weighted by Gasteiger charge is -2.13. The summed E-state index contributed by atoms with van der Waals surface area (Å²) in [6, 6.07) is 7.65. The lowest BCUT2D eigenvalue weighted by molar-refractivity contribution is -0.143. The zero-order valence-corrected chi connectivity index (χ0v) is 12.2. The maximum atomic E-state index is 11.4. The zero-order valence-electron chi connectivity index (χ0n) is 12.2. The van der Waals surface area contributed by atoms with E-state index in [9.17, 15) is 4.79 Å². The van der Waals surface area contributed by atoms with Crippen molar-refractivity contribution in [1.29, 1.82) is 0 Å². The van der Waals surface area contributed by atoms with Gasteiger partial charge in [0.1, 0.15) is 0 Å². The van der Waals surface area contributed by atoms with Crippen LogP contribution in [0.25, 0.3) is 10.4 Å². The molecule has 0 aliphatic carbocycles. The van der Waals surface area contributed by atoms with Crippen LogP contribution in [-0.2, 0) is 9.53 Å². The molecule has 0 amide bonds. The van der Waals surface area contributed by atoms with Crippen LogP contribution in [0.2, 0.25) is 0 Å². The molecule has 0 aliphatic rings. The molecule has 0 saturated carbocycles. The fourth-order valence-corrected chi connectivity index (χ4v) is 1.94. The Morgan fingerprint density at radius 1 is 1.30 bits per heavy atom. The predicted molar refractivity (Wildman–Crippen MR) is 78.3 cm³/mol. The number of nitrogens with zero attached hydrogens (tertiary/aromatic N) is 3. The van der Waals surface area contributed by atoms with E-state index in [0.717, 1.165) is 5.56 Å². The van der Waals surface area contributed by atoms with E-state index in [4.69, 9.17) is 10.3 Å². The highest BCUT2D eigenvalue weighted by Gasteiger charge is 2.13.